The second-order valence-corrected chi connectivity index (χ2v) is 4.55. The number of methoxy groups -OCH3 is 3. The number of hydrogen-bond acceptors (Lipinski definition) is 6. The molecule has 0 amide bonds. The molecule has 0 bridgehead atoms. The van der Waals surface area contributed by atoms with E-state index in [2.05, 4.69) is 15.9 Å². The SMILES string of the molecule is CCOC(=O)C(O)c1c(OC)c(Br)cc(OC)c1OC. The van der Waals surface area contributed by atoms with Gasteiger partial charge in [0, 0.05) is 6.07 Å². The molecule has 20 heavy (non-hydrogen) atoms. The van der Waals surface area contributed by atoms with E-state index in [9.17, 15) is 9.90 Å². The number of esters is 1. The quantitative estimate of drug-likeness (QED) is 0.793. The highest BCUT2D eigenvalue weighted by atomic mass is 79.9. The van der Waals surface area contributed by atoms with E-state index in [1.54, 1.807) is 13.0 Å². The molecule has 0 aromatic heterocycles. The minimum absolute atomic E-state index is 0.152. The molecule has 0 fully saturated rings. The summed E-state index contributed by atoms with van der Waals surface area (Å²) < 4.78 is 20.9. The number of halogens is 1. The van der Waals surface area contributed by atoms with Gasteiger partial charge in [0.2, 0.25) is 0 Å². The largest absolute Gasteiger partial charge is 0.495 e. The van der Waals surface area contributed by atoms with Crippen LogP contribution in [-0.4, -0.2) is 39.0 Å². The third-order valence-electron chi connectivity index (χ3n) is 2.60. The number of carbonyl (C=O) groups is 1. The van der Waals surface area contributed by atoms with Gasteiger partial charge in [-0.3, -0.25) is 0 Å². The maximum absolute atomic E-state index is 11.8. The van der Waals surface area contributed by atoms with Gasteiger partial charge in [0.05, 0.1) is 38.0 Å². The van der Waals surface area contributed by atoms with Crippen molar-refractivity contribution in [3.05, 3.63) is 16.1 Å². The van der Waals surface area contributed by atoms with Crippen LogP contribution in [0, 0.1) is 0 Å². The molecule has 6 nitrogen and oxygen atoms in total. The molecule has 0 radical (unpaired) electrons. The molecular formula is C13H17BrO6. The molecule has 0 heterocycles. The van der Waals surface area contributed by atoms with Crippen LogP contribution in [0.2, 0.25) is 0 Å². The first-order valence-corrected chi connectivity index (χ1v) is 6.64. The summed E-state index contributed by atoms with van der Waals surface area (Å²) in [5.74, 6) is 0.0686. The normalized spacial score (nSPS) is 11.7. The molecule has 1 unspecified atom stereocenters. The smallest absolute Gasteiger partial charge is 0.339 e. The predicted octanol–water partition coefficient (Wildman–Crippen LogP) is 2.07. The molecule has 1 rings (SSSR count). The minimum Gasteiger partial charge on any atom is -0.495 e. The van der Waals surface area contributed by atoms with Crippen molar-refractivity contribution in [3.8, 4) is 17.2 Å². The summed E-state index contributed by atoms with van der Waals surface area (Å²) in [6.07, 6.45) is -1.54. The maximum atomic E-state index is 11.8. The summed E-state index contributed by atoms with van der Waals surface area (Å²) in [4.78, 5) is 11.8. The van der Waals surface area contributed by atoms with Crippen molar-refractivity contribution in [2.45, 2.75) is 13.0 Å². The fourth-order valence-corrected chi connectivity index (χ4v) is 2.35. The van der Waals surface area contributed by atoms with Crippen LogP contribution in [0.1, 0.15) is 18.6 Å². The van der Waals surface area contributed by atoms with Gasteiger partial charge in [-0.2, -0.15) is 0 Å². The van der Waals surface area contributed by atoms with Crippen LogP contribution >= 0.6 is 15.9 Å². The third-order valence-corrected chi connectivity index (χ3v) is 3.19. The van der Waals surface area contributed by atoms with E-state index in [-0.39, 0.29) is 23.7 Å². The molecule has 1 atom stereocenters. The Morgan fingerprint density at radius 1 is 1.25 bits per heavy atom. The standard InChI is InChI=1S/C13H17BrO6/c1-5-20-13(16)10(15)9-11(18-3)7(14)6-8(17-2)12(9)19-4/h6,10,15H,5H2,1-4H3. The van der Waals surface area contributed by atoms with Gasteiger partial charge in [0.25, 0.3) is 0 Å². The first-order valence-electron chi connectivity index (χ1n) is 5.84. The van der Waals surface area contributed by atoms with Crippen LogP contribution in [0.25, 0.3) is 0 Å². The number of benzene rings is 1. The highest BCUT2D eigenvalue weighted by molar-refractivity contribution is 9.10. The summed E-state index contributed by atoms with van der Waals surface area (Å²) in [6, 6.07) is 1.62. The molecule has 0 aliphatic carbocycles. The third kappa shape index (κ3) is 3.16. The molecule has 7 heteroatoms. The Bertz CT molecular complexity index is 488. The molecule has 112 valence electrons. The lowest BCUT2D eigenvalue weighted by Gasteiger charge is -2.20. The van der Waals surface area contributed by atoms with Crippen molar-refractivity contribution < 1.29 is 28.8 Å². The van der Waals surface area contributed by atoms with E-state index >= 15 is 0 Å². The van der Waals surface area contributed by atoms with Crippen LogP contribution in [0.5, 0.6) is 17.2 Å². The van der Waals surface area contributed by atoms with Gasteiger partial charge in [0.1, 0.15) is 5.75 Å². The van der Waals surface area contributed by atoms with Gasteiger partial charge in [0.15, 0.2) is 17.6 Å². The molecule has 0 aliphatic rings. The van der Waals surface area contributed by atoms with Crippen molar-refractivity contribution in [1.82, 2.24) is 0 Å². The Morgan fingerprint density at radius 3 is 2.30 bits per heavy atom. The van der Waals surface area contributed by atoms with Crippen molar-refractivity contribution in [2.24, 2.45) is 0 Å². The average molecular weight is 349 g/mol. The Kier molecular flexibility index (Phi) is 6.09. The summed E-state index contributed by atoms with van der Waals surface area (Å²) in [5.41, 5.74) is 0.152. The van der Waals surface area contributed by atoms with Crippen molar-refractivity contribution >= 4 is 21.9 Å². The van der Waals surface area contributed by atoms with E-state index in [0.717, 1.165) is 0 Å². The second kappa shape index (κ2) is 7.35. The minimum atomic E-state index is -1.54. The first-order chi connectivity index (χ1) is 9.51. The van der Waals surface area contributed by atoms with Crippen molar-refractivity contribution in [3.63, 3.8) is 0 Å². The lowest BCUT2D eigenvalue weighted by Crippen LogP contribution is -2.17. The fraction of sp³-hybridized carbons (Fsp3) is 0.462. The van der Waals surface area contributed by atoms with Crippen LogP contribution < -0.4 is 14.2 Å². The Balaban J connectivity index is 3.47. The summed E-state index contributed by atoms with van der Waals surface area (Å²) >= 11 is 3.29. The van der Waals surface area contributed by atoms with Gasteiger partial charge in [-0.1, -0.05) is 0 Å². The molecule has 0 saturated heterocycles. The Hall–Kier alpha value is -1.47. The zero-order valence-corrected chi connectivity index (χ0v) is 13.3. The van der Waals surface area contributed by atoms with Crippen molar-refractivity contribution in [1.29, 1.82) is 0 Å². The summed E-state index contributed by atoms with van der Waals surface area (Å²) in [5, 5.41) is 10.2. The highest BCUT2D eigenvalue weighted by Crippen LogP contribution is 2.46. The summed E-state index contributed by atoms with van der Waals surface area (Å²) in [6.45, 7) is 1.81. The molecule has 1 N–H and O–H groups in total. The predicted molar refractivity (Wildman–Crippen MR) is 75.4 cm³/mol. The maximum Gasteiger partial charge on any atom is 0.339 e. The number of aliphatic hydroxyl groups excluding tert-OH is 1. The van der Waals surface area contributed by atoms with Gasteiger partial charge >= 0.3 is 5.97 Å². The van der Waals surface area contributed by atoms with Crippen LogP contribution in [-0.2, 0) is 9.53 Å². The van der Waals surface area contributed by atoms with Gasteiger partial charge in [-0.25, -0.2) is 4.79 Å². The van der Waals surface area contributed by atoms with E-state index in [0.29, 0.717) is 10.2 Å². The van der Waals surface area contributed by atoms with Gasteiger partial charge in [-0.05, 0) is 22.9 Å². The average Bonchev–Trinajstić information content (AvgIpc) is 2.45. The number of aliphatic hydroxyl groups is 1. The highest BCUT2D eigenvalue weighted by Gasteiger charge is 2.30. The van der Waals surface area contributed by atoms with E-state index in [1.807, 2.05) is 0 Å². The Morgan fingerprint density at radius 2 is 1.85 bits per heavy atom. The lowest BCUT2D eigenvalue weighted by atomic mass is 10.1. The monoisotopic (exact) mass is 348 g/mol. The summed E-state index contributed by atoms with van der Waals surface area (Å²) in [7, 11) is 4.29. The van der Waals surface area contributed by atoms with E-state index in [4.69, 9.17) is 18.9 Å². The molecule has 0 aliphatic heterocycles. The number of ether oxygens (including phenoxy) is 4. The molecule has 0 spiro atoms. The zero-order valence-electron chi connectivity index (χ0n) is 11.7. The fourth-order valence-electron chi connectivity index (χ4n) is 1.77. The number of carbonyl (C=O) groups excluding carboxylic acids is 1. The van der Waals surface area contributed by atoms with E-state index < -0.39 is 12.1 Å². The van der Waals surface area contributed by atoms with E-state index in [1.165, 1.54) is 21.3 Å². The zero-order chi connectivity index (χ0) is 15.3. The van der Waals surface area contributed by atoms with Crippen molar-refractivity contribution in [2.75, 3.05) is 27.9 Å². The molecule has 1 aromatic rings. The first kappa shape index (κ1) is 16.6. The number of rotatable bonds is 6. The molecule has 0 saturated carbocycles. The van der Waals surface area contributed by atoms with Crippen LogP contribution in [0.3, 0.4) is 0 Å². The lowest BCUT2D eigenvalue weighted by molar-refractivity contribution is -0.153. The van der Waals surface area contributed by atoms with Crippen LogP contribution in [0.15, 0.2) is 10.5 Å². The van der Waals surface area contributed by atoms with Gasteiger partial charge in [-0.15, -0.1) is 0 Å². The van der Waals surface area contributed by atoms with Crippen LogP contribution in [0.4, 0.5) is 0 Å². The topological polar surface area (TPSA) is 74.2 Å². The Labute approximate surface area is 125 Å². The second-order valence-electron chi connectivity index (χ2n) is 3.70. The molecule has 1 aromatic carbocycles. The molecular weight excluding hydrogens is 332 g/mol. The number of hydrogen-bond donors (Lipinski definition) is 1. The van der Waals surface area contributed by atoms with Gasteiger partial charge < -0.3 is 24.1 Å².